The number of fused-ring (bicyclic) bond motifs is 1. The van der Waals surface area contributed by atoms with Crippen molar-refractivity contribution in [3.05, 3.63) is 29.8 Å². The van der Waals surface area contributed by atoms with Crippen LogP contribution in [0.4, 0.5) is 10.5 Å². The van der Waals surface area contributed by atoms with Gasteiger partial charge in [-0.2, -0.15) is 0 Å². The van der Waals surface area contributed by atoms with Crippen molar-refractivity contribution in [2.45, 2.75) is 56.1 Å². The summed E-state index contributed by atoms with van der Waals surface area (Å²) < 4.78 is 0.869. The van der Waals surface area contributed by atoms with E-state index in [0.29, 0.717) is 0 Å². The van der Waals surface area contributed by atoms with E-state index in [1.807, 2.05) is 18.2 Å². The maximum absolute atomic E-state index is 12.3. The Bertz CT molecular complexity index is 672. The summed E-state index contributed by atoms with van der Waals surface area (Å²) in [5.74, 6) is 0.582. The van der Waals surface area contributed by atoms with E-state index in [1.54, 1.807) is 18.7 Å². The predicted octanol–water partition coefficient (Wildman–Crippen LogP) is 4.20. The largest absolute Gasteiger partial charge is 0.335 e. The second kappa shape index (κ2) is 8.76. The zero-order valence-electron chi connectivity index (χ0n) is 14.3. The number of hydrogen-bond donors (Lipinski definition) is 2. The topological polar surface area (TPSA) is 70.6 Å². The third-order valence-corrected chi connectivity index (χ3v) is 6.67. The van der Waals surface area contributed by atoms with Crippen molar-refractivity contribution >= 4 is 45.5 Å². The van der Waals surface area contributed by atoms with Crippen molar-refractivity contribution < 1.29 is 9.59 Å². The second-order valence-corrected chi connectivity index (χ2v) is 8.90. The number of carbonyl (C=O) groups excluding carboxylic acids is 2. The van der Waals surface area contributed by atoms with E-state index < -0.39 is 0 Å². The average molecular weight is 378 g/mol. The van der Waals surface area contributed by atoms with Crippen molar-refractivity contribution in [3.63, 3.8) is 0 Å². The number of amides is 3. The van der Waals surface area contributed by atoms with Crippen LogP contribution in [0.5, 0.6) is 0 Å². The number of hydrogen-bond acceptors (Lipinski definition) is 5. The minimum absolute atomic E-state index is 0.194. The number of benzene rings is 1. The molecule has 1 heterocycles. The molecule has 0 bridgehead atoms. The van der Waals surface area contributed by atoms with E-state index in [9.17, 15) is 9.59 Å². The number of thioether (sulfide) groups is 2. The van der Waals surface area contributed by atoms with E-state index in [0.717, 1.165) is 41.5 Å². The SMILES string of the molecule is CC(SC1=Nc2ccccc2CS1)C(=O)NC(=O)NC1CCCCC1. The van der Waals surface area contributed by atoms with Gasteiger partial charge in [-0.3, -0.25) is 10.1 Å². The van der Waals surface area contributed by atoms with Crippen molar-refractivity contribution in [2.24, 2.45) is 4.99 Å². The molecule has 1 aromatic rings. The molecular weight excluding hydrogens is 354 g/mol. The molecule has 1 unspecified atom stereocenters. The van der Waals surface area contributed by atoms with E-state index >= 15 is 0 Å². The van der Waals surface area contributed by atoms with Crippen LogP contribution in [0.15, 0.2) is 29.3 Å². The number of nitrogens with one attached hydrogen (secondary N) is 2. The minimum atomic E-state index is -0.382. The Morgan fingerprint density at radius 2 is 2.00 bits per heavy atom. The van der Waals surface area contributed by atoms with Gasteiger partial charge < -0.3 is 5.32 Å². The molecule has 0 aromatic heterocycles. The third-order valence-electron chi connectivity index (χ3n) is 4.38. The summed E-state index contributed by atoms with van der Waals surface area (Å²) in [5, 5.41) is 5.00. The van der Waals surface area contributed by atoms with Gasteiger partial charge in [-0.1, -0.05) is 61.0 Å². The summed E-state index contributed by atoms with van der Waals surface area (Å²) in [6.07, 6.45) is 5.51. The average Bonchev–Trinajstić information content (AvgIpc) is 2.62. The molecule has 0 saturated heterocycles. The molecule has 1 aliphatic heterocycles. The number of aliphatic imine (C=N–C) groups is 1. The van der Waals surface area contributed by atoms with E-state index in [-0.39, 0.29) is 23.2 Å². The van der Waals surface area contributed by atoms with Crippen molar-refractivity contribution in [2.75, 3.05) is 0 Å². The second-order valence-electron chi connectivity index (χ2n) is 6.35. The van der Waals surface area contributed by atoms with Gasteiger partial charge in [0.1, 0.15) is 4.38 Å². The number of rotatable bonds is 3. The Labute approximate surface area is 156 Å². The molecule has 0 spiro atoms. The fourth-order valence-corrected chi connectivity index (χ4v) is 5.15. The molecular formula is C18H23N3O2S2. The first-order valence-corrected chi connectivity index (χ1v) is 10.6. The monoisotopic (exact) mass is 377 g/mol. The molecule has 1 fully saturated rings. The van der Waals surface area contributed by atoms with Gasteiger partial charge in [-0.15, -0.1) is 0 Å². The molecule has 1 aromatic carbocycles. The smallest absolute Gasteiger partial charge is 0.321 e. The number of carbonyl (C=O) groups is 2. The standard InChI is InChI=1S/C18H23N3O2S2/c1-12(16(22)21-17(23)19-14-8-3-2-4-9-14)25-18-20-15-10-6-5-7-13(15)11-24-18/h5-7,10,12,14H,2-4,8-9,11H2,1H3,(H2,19,21,22,23). The number of imide groups is 1. The lowest BCUT2D eigenvalue weighted by atomic mass is 9.96. The summed E-state index contributed by atoms with van der Waals surface area (Å²) in [4.78, 5) is 28.9. The Balaban J connectivity index is 1.49. The van der Waals surface area contributed by atoms with Crippen LogP contribution in [0.25, 0.3) is 0 Å². The van der Waals surface area contributed by atoms with Gasteiger partial charge in [0.2, 0.25) is 5.91 Å². The Kier molecular flexibility index (Phi) is 6.42. The molecule has 25 heavy (non-hydrogen) atoms. The summed E-state index contributed by atoms with van der Waals surface area (Å²) in [7, 11) is 0. The molecule has 1 saturated carbocycles. The zero-order valence-corrected chi connectivity index (χ0v) is 15.9. The Hall–Kier alpha value is -1.47. The summed E-state index contributed by atoms with van der Waals surface area (Å²) in [6, 6.07) is 7.84. The molecule has 3 rings (SSSR count). The van der Waals surface area contributed by atoms with E-state index in [4.69, 9.17) is 0 Å². The van der Waals surface area contributed by atoms with Crippen LogP contribution < -0.4 is 10.6 Å². The van der Waals surface area contributed by atoms with Crippen LogP contribution in [0, 0.1) is 0 Å². The van der Waals surface area contributed by atoms with E-state index in [2.05, 4.69) is 21.7 Å². The van der Waals surface area contributed by atoms with Crippen LogP contribution in [0.3, 0.4) is 0 Å². The lowest BCUT2D eigenvalue weighted by molar-refractivity contribution is -0.119. The molecule has 1 atom stereocenters. The number of nitrogens with zero attached hydrogens (tertiary/aromatic N) is 1. The van der Waals surface area contributed by atoms with Crippen LogP contribution in [-0.2, 0) is 10.5 Å². The highest BCUT2D eigenvalue weighted by Crippen LogP contribution is 2.35. The Morgan fingerprint density at radius 1 is 1.24 bits per heavy atom. The fourth-order valence-electron chi connectivity index (χ4n) is 2.96. The Morgan fingerprint density at radius 3 is 2.80 bits per heavy atom. The van der Waals surface area contributed by atoms with Crippen LogP contribution in [0.2, 0.25) is 0 Å². The molecule has 2 aliphatic rings. The van der Waals surface area contributed by atoms with Crippen molar-refractivity contribution in [1.82, 2.24) is 10.6 Å². The van der Waals surface area contributed by atoms with Crippen LogP contribution >= 0.6 is 23.5 Å². The minimum Gasteiger partial charge on any atom is -0.335 e. The molecule has 1 aliphatic carbocycles. The highest BCUT2D eigenvalue weighted by atomic mass is 32.2. The van der Waals surface area contributed by atoms with Gasteiger partial charge >= 0.3 is 6.03 Å². The van der Waals surface area contributed by atoms with Crippen LogP contribution in [0.1, 0.15) is 44.6 Å². The molecule has 5 nitrogen and oxygen atoms in total. The highest BCUT2D eigenvalue weighted by molar-refractivity contribution is 8.39. The van der Waals surface area contributed by atoms with Gasteiger partial charge in [-0.05, 0) is 31.4 Å². The first kappa shape index (κ1) is 18.3. The van der Waals surface area contributed by atoms with Crippen molar-refractivity contribution in [3.8, 4) is 0 Å². The molecule has 3 amide bonds. The summed E-state index contributed by atoms with van der Waals surface area (Å²) in [6.45, 7) is 1.80. The number of urea groups is 1. The van der Waals surface area contributed by atoms with Gasteiger partial charge in [0, 0.05) is 11.8 Å². The van der Waals surface area contributed by atoms with Gasteiger partial charge in [0.05, 0.1) is 10.9 Å². The maximum Gasteiger partial charge on any atom is 0.321 e. The fraction of sp³-hybridized carbons (Fsp3) is 0.500. The molecule has 7 heteroatoms. The van der Waals surface area contributed by atoms with E-state index in [1.165, 1.54) is 23.7 Å². The third kappa shape index (κ3) is 5.25. The van der Waals surface area contributed by atoms with Gasteiger partial charge in [0.25, 0.3) is 0 Å². The first-order chi connectivity index (χ1) is 12.1. The summed E-state index contributed by atoms with van der Waals surface area (Å²) >= 11 is 3.03. The van der Waals surface area contributed by atoms with Crippen LogP contribution in [-0.4, -0.2) is 27.6 Å². The molecule has 2 N–H and O–H groups in total. The number of para-hydroxylation sites is 1. The molecule has 134 valence electrons. The quantitative estimate of drug-likeness (QED) is 0.828. The van der Waals surface area contributed by atoms with Gasteiger partial charge in [-0.25, -0.2) is 9.79 Å². The predicted molar refractivity (Wildman–Crippen MR) is 105 cm³/mol. The van der Waals surface area contributed by atoms with Crippen molar-refractivity contribution in [1.29, 1.82) is 0 Å². The maximum atomic E-state index is 12.3. The zero-order chi connectivity index (χ0) is 17.6. The summed E-state index contributed by atoms with van der Waals surface area (Å²) in [5.41, 5.74) is 2.17. The van der Waals surface area contributed by atoms with Gasteiger partial charge in [0.15, 0.2) is 0 Å². The lowest BCUT2D eigenvalue weighted by Crippen LogP contribution is -2.47. The lowest BCUT2D eigenvalue weighted by Gasteiger charge is -2.23. The first-order valence-electron chi connectivity index (χ1n) is 8.69. The molecule has 0 radical (unpaired) electrons. The highest BCUT2D eigenvalue weighted by Gasteiger charge is 2.23. The normalized spacial score (nSPS) is 18.7.